The standard InChI is InChI=1S/C20H19N9O5S2/c1-9-22-20-27(4-3-5-28(20)25-9)6-10-7-35-17-13(16(31)29(17)14(10)18(32)33)24-15(30)12(26-34-2)11-8-36-19(21)23-11/h3-5,8,13,17H,6-7H2,1-2H3,(H3-,21,23,24,30,32,33)/p+1/t13-,17+/m1/s1. The van der Waals surface area contributed by atoms with E-state index >= 15 is 0 Å². The molecule has 0 unspecified atom stereocenters. The predicted octanol–water partition coefficient (Wildman–Crippen LogP) is -0.847. The number of thiazole rings is 1. The number of rotatable bonds is 7. The number of fused-ring (bicyclic) bond motifs is 2. The number of carboxylic acids is 1. The molecule has 1 fully saturated rings. The van der Waals surface area contributed by atoms with Crippen molar-refractivity contribution in [2.24, 2.45) is 5.16 Å². The van der Waals surface area contributed by atoms with E-state index in [0.717, 1.165) is 11.3 Å². The lowest BCUT2D eigenvalue weighted by atomic mass is 10.0. The highest BCUT2D eigenvalue weighted by atomic mass is 32.2. The third-order valence-corrected chi connectivity index (χ3v) is 7.54. The molecule has 0 aromatic carbocycles. The maximum absolute atomic E-state index is 13.0. The Morgan fingerprint density at radius 2 is 2.22 bits per heavy atom. The van der Waals surface area contributed by atoms with Crippen molar-refractivity contribution in [2.45, 2.75) is 24.9 Å². The van der Waals surface area contributed by atoms with Gasteiger partial charge in [0.2, 0.25) is 5.82 Å². The Morgan fingerprint density at radius 1 is 1.42 bits per heavy atom. The molecule has 1 saturated heterocycles. The van der Waals surface area contributed by atoms with Gasteiger partial charge in [-0.3, -0.25) is 14.5 Å². The highest BCUT2D eigenvalue weighted by Gasteiger charge is 2.54. The second-order valence-corrected chi connectivity index (χ2v) is 9.83. The normalized spacial score (nSPS) is 19.8. The number of amides is 2. The lowest BCUT2D eigenvalue weighted by Crippen LogP contribution is -2.71. The van der Waals surface area contributed by atoms with E-state index in [2.05, 4.69) is 25.5 Å². The van der Waals surface area contributed by atoms with E-state index < -0.39 is 29.2 Å². The van der Waals surface area contributed by atoms with Gasteiger partial charge in [-0.1, -0.05) is 15.2 Å². The molecule has 2 atom stereocenters. The molecule has 2 aliphatic heterocycles. The van der Waals surface area contributed by atoms with Gasteiger partial charge in [0.15, 0.2) is 10.8 Å². The number of carbonyl (C=O) groups is 3. The average Bonchev–Trinajstić information content (AvgIpc) is 3.45. The largest absolute Gasteiger partial charge is 0.477 e. The Balaban J connectivity index is 1.38. The number of β-lactam (4-membered cyclic amide) rings is 1. The van der Waals surface area contributed by atoms with Crippen LogP contribution in [0.15, 0.2) is 40.3 Å². The van der Waals surface area contributed by atoms with Gasteiger partial charge in [0.25, 0.3) is 11.8 Å². The van der Waals surface area contributed by atoms with Crippen molar-refractivity contribution in [3.8, 4) is 0 Å². The first-order chi connectivity index (χ1) is 17.3. The molecule has 36 heavy (non-hydrogen) atoms. The number of aromatic nitrogens is 5. The van der Waals surface area contributed by atoms with Crippen LogP contribution in [0.3, 0.4) is 0 Å². The molecule has 5 rings (SSSR count). The van der Waals surface area contributed by atoms with Crippen molar-refractivity contribution in [1.29, 1.82) is 0 Å². The third kappa shape index (κ3) is 4.03. The lowest BCUT2D eigenvalue weighted by molar-refractivity contribution is -0.668. The first-order valence-electron chi connectivity index (χ1n) is 10.5. The molecule has 2 aliphatic rings. The Kier molecular flexibility index (Phi) is 6.05. The number of oxime groups is 1. The van der Waals surface area contributed by atoms with Crippen molar-refractivity contribution in [3.05, 3.63) is 46.6 Å². The number of nitrogens with one attached hydrogen (secondary N) is 1. The van der Waals surface area contributed by atoms with Gasteiger partial charge in [-0.25, -0.2) is 14.3 Å². The fourth-order valence-electron chi connectivity index (χ4n) is 4.04. The van der Waals surface area contributed by atoms with E-state index in [1.165, 1.54) is 23.8 Å². The summed E-state index contributed by atoms with van der Waals surface area (Å²) in [5, 5.41) is 21.8. The van der Waals surface area contributed by atoms with E-state index in [0.29, 0.717) is 22.9 Å². The number of carboxylic acid groups (broad SMARTS) is 1. The Morgan fingerprint density at radius 3 is 2.92 bits per heavy atom. The van der Waals surface area contributed by atoms with Gasteiger partial charge in [-0.05, 0) is 0 Å². The van der Waals surface area contributed by atoms with Crippen molar-refractivity contribution in [3.63, 3.8) is 0 Å². The number of nitrogen functional groups attached to an aromatic ring is 1. The van der Waals surface area contributed by atoms with Crippen LogP contribution in [-0.2, 0) is 25.8 Å². The number of carbonyl (C=O) groups excluding carboxylic acids is 2. The van der Waals surface area contributed by atoms with Gasteiger partial charge >= 0.3 is 11.7 Å². The molecule has 16 heteroatoms. The molecular weight excluding hydrogens is 510 g/mol. The SMILES string of the molecule is CON=C(C(=O)N[C@@H]1C(=O)N2C(C(=O)O)=C(C[n+]3cccn4nc(C)nc43)CS[C@@H]12)c1csc(N)n1. The van der Waals surface area contributed by atoms with E-state index in [4.69, 9.17) is 10.6 Å². The predicted molar refractivity (Wildman–Crippen MR) is 128 cm³/mol. The maximum Gasteiger partial charge on any atom is 0.424 e. The smallest absolute Gasteiger partial charge is 0.424 e. The Bertz CT molecular complexity index is 1460. The van der Waals surface area contributed by atoms with Crippen LogP contribution >= 0.6 is 23.1 Å². The summed E-state index contributed by atoms with van der Waals surface area (Å²) in [6, 6.07) is 0.836. The average molecular weight is 531 g/mol. The second-order valence-electron chi connectivity index (χ2n) is 7.83. The number of nitrogens with two attached hydrogens (primary N) is 1. The fraction of sp³-hybridized carbons (Fsp3) is 0.300. The van der Waals surface area contributed by atoms with E-state index in [1.807, 2.05) is 0 Å². The monoisotopic (exact) mass is 530 g/mol. The van der Waals surface area contributed by atoms with Crippen molar-refractivity contribution >= 4 is 57.5 Å². The van der Waals surface area contributed by atoms with Crippen LogP contribution in [0.4, 0.5) is 5.13 Å². The molecule has 2 amide bonds. The number of anilines is 1. The molecular formula is C20H20N9O5S2+. The van der Waals surface area contributed by atoms with Crippen LogP contribution in [0.1, 0.15) is 11.5 Å². The number of aryl methyl sites for hydroxylation is 1. The van der Waals surface area contributed by atoms with Crippen molar-refractivity contribution < 1.29 is 28.9 Å². The zero-order valence-electron chi connectivity index (χ0n) is 19.0. The molecule has 186 valence electrons. The maximum atomic E-state index is 13.0. The Hall–Kier alpha value is -4.05. The fourth-order valence-corrected chi connectivity index (χ4v) is 5.92. The highest BCUT2D eigenvalue weighted by molar-refractivity contribution is 8.00. The number of thioether (sulfide) groups is 1. The lowest BCUT2D eigenvalue weighted by Gasteiger charge is -2.49. The third-order valence-electron chi connectivity index (χ3n) is 5.53. The van der Waals surface area contributed by atoms with Crippen molar-refractivity contribution in [2.75, 3.05) is 18.6 Å². The number of hydrogen-bond acceptors (Lipinski definition) is 11. The summed E-state index contributed by atoms with van der Waals surface area (Å²) < 4.78 is 3.38. The first kappa shape index (κ1) is 23.7. The first-order valence-corrected chi connectivity index (χ1v) is 12.5. The molecule has 0 aliphatic carbocycles. The molecule has 0 saturated carbocycles. The van der Waals surface area contributed by atoms with Gasteiger partial charge in [-0.2, -0.15) is 0 Å². The van der Waals surface area contributed by atoms with E-state index in [9.17, 15) is 19.5 Å². The van der Waals surface area contributed by atoms with Crippen LogP contribution in [0.25, 0.3) is 5.78 Å². The molecule has 4 N–H and O–H groups in total. The van der Waals surface area contributed by atoms with Crippen LogP contribution in [0.2, 0.25) is 0 Å². The second kappa shape index (κ2) is 9.19. The summed E-state index contributed by atoms with van der Waals surface area (Å²) in [5.41, 5.74) is 6.16. The van der Waals surface area contributed by atoms with Crippen LogP contribution in [-0.4, -0.2) is 77.4 Å². The number of hydrogen-bond donors (Lipinski definition) is 3. The molecule has 3 aromatic rings. The molecule has 5 heterocycles. The highest BCUT2D eigenvalue weighted by Crippen LogP contribution is 2.40. The van der Waals surface area contributed by atoms with E-state index in [1.54, 1.807) is 39.8 Å². The molecule has 0 bridgehead atoms. The summed E-state index contributed by atoms with van der Waals surface area (Å²) in [4.78, 5) is 52.5. The van der Waals surface area contributed by atoms with Gasteiger partial charge in [0.1, 0.15) is 29.9 Å². The minimum Gasteiger partial charge on any atom is -0.477 e. The van der Waals surface area contributed by atoms with E-state index in [-0.39, 0.29) is 28.8 Å². The van der Waals surface area contributed by atoms with Gasteiger partial charge in [0.05, 0.1) is 18.9 Å². The van der Waals surface area contributed by atoms with Crippen LogP contribution in [0, 0.1) is 6.92 Å². The topological polar surface area (TPSA) is 181 Å². The summed E-state index contributed by atoms with van der Waals surface area (Å²) in [6.07, 6.45) is 3.52. The van der Waals surface area contributed by atoms with Gasteiger partial charge < -0.3 is 21.0 Å². The molecule has 0 spiro atoms. The van der Waals surface area contributed by atoms with Crippen LogP contribution in [0.5, 0.6) is 0 Å². The van der Waals surface area contributed by atoms with Gasteiger partial charge in [-0.15, -0.1) is 27.6 Å². The van der Waals surface area contributed by atoms with Gasteiger partial charge in [0, 0.05) is 29.7 Å². The molecule has 0 radical (unpaired) electrons. The summed E-state index contributed by atoms with van der Waals surface area (Å²) in [7, 11) is 1.28. The minimum absolute atomic E-state index is 0.0990. The summed E-state index contributed by atoms with van der Waals surface area (Å²) in [6.45, 7) is 1.97. The zero-order valence-corrected chi connectivity index (χ0v) is 20.6. The molecule has 3 aromatic heterocycles. The van der Waals surface area contributed by atoms with Crippen molar-refractivity contribution in [1.82, 2.24) is 29.8 Å². The summed E-state index contributed by atoms with van der Waals surface area (Å²) in [5.74, 6) is -0.979. The molecule has 14 nitrogen and oxygen atoms in total. The Labute approximate surface area is 211 Å². The number of nitrogens with zero attached hydrogens (tertiary/aromatic N) is 7. The minimum atomic E-state index is -1.22. The zero-order chi connectivity index (χ0) is 25.6. The number of aliphatic carboxylic acids is 1. The summed E-state index contributed by atoms with van der Waals surface area (Å²) >= 11 is 2.49. The quantitative estimate of drug-likeness (QED) is 0.151. The van der Waals surface area contributed by atoms with Crippen LogP contribution < -0.4 is 15.6 Å².